The molecule has 2 aromatic rings. The molecule has 4 N–H and O–H groups in total. The van der Waals surface area contributed by atoms with E-state index in [1.807, 2.05) is 25.1 Å². The highest BCUT2D eigenvalue weighted by molar-refractivity contribution is 5.33. The Morgan fingerprint density at radius 1 is 0.737 bits per heavy atom. The summed E-state index contributed by atoms with van der Waals surface area (Å²) in [6.07, 6.45) is 4.35. The molecule has 0 bridgehead atoms. The first-order chi connectivity index (χ1) is 18.4. The quantitative estimate of drug-likeness (QED) is 0.275. The Hall–Kier alpha value is -2.20. The topological polar surface area (TPSA) is 118 Å². The summed E-state index contributed by atoms with van der Waals surface area (Å²) in [5, 5.41) is 40.5. The molecule has 0 spiro atoms. The lowest BCUT2D eigenvalue weighted by Gasteiger charge is -2.37. The van der Waals surface area contributed by atoms with Gasteiger partial charge < -0.3 is 39.4 Å². The van der Waals surface area contributed by atoms with Crippen LogP contribution in [0, 0.1) is 0 Å². The van der Waals surface area contributed by atoms with E-state index in [2.05, 4.69) is 0 Å². The maximum Gasteiger partial charge on any atom is 0.188 e. The van der Waals surface area contributed by atoms with E-state index in [4.69, 9.17) is 24.1 Å². The average molecular weight is 531 g/mol. The van der Waals surface area contributed by atoms with Gasteiger partial charge in [-0.2, -0.15) is 0 Å². The number of para-hydroxylation sites is 2. The van der Waals surface area contributed by atoms with Crippen LogP contribution in [-0.2, 0) is 18.9 Å². The van der Waals surface area contributed by atoms with E-state index in [0.29, 0.717) is 36.8 Å². The third-order valence-corrected chi connectivity index (χ3v) is 7.34. The van der Waals surface area contributed by atoms with Gasteiger partial charge in [-0.25, -0.2) is 0 Å². The lowest BCUT2D eigenvalue weighted by atomic mass is 9.96. The molecule has 0 amide bonds. The number of aliphatic hydroxyl groups excluding tert-OH is 2. The minimum atomic E-state index is -0.690. The van der Waals surface area contributed by atoms with Gasteiger partial charge in [0.2, 0.25) is 0 Å². The number of unbranched alkanes of at least 4 members (excludes halogenated alkanes) is 1. The molecular weight excluding hydrogens is 488 g/mol. The predicted octanol–water partition coefficient (Wildman–Crippen LogP) is 5.25. The zero-order chi connectivity index (χ0) is 26.9. The molecule has 38 heavy (non-hydrogen) atoms. The number of phenols is 2. The molecule has 2 saturated heterocycles. The number of hydrogen-bond donors (Lipinski definition) is 4. The fraction of sp³-hybridized carbons (Fsp3) is 0.600. The standard InChI is InChI=1S/C30H42O8/c1-20-17-22(36-29(35-20)25-12-2-4-14-27(25)33)11-8-9-21(32)18-24-19-23(10-6-7-16-31)37-30(38-24)26-13-3-5-15-28(26)34/h2-5,12-15,20-24,29-34H,6-11,16-19H2,1H3. The molecular formula is C30H42O8. The second-order valence-corrected chi connectivity index (χ2v) is 10.5. The van der Waals surface area contributed by atoms with Gasteiger partial charge in [0.1, 0.15) is 11.5 Å². The van der Waals surface area contributed by atoms with Crippen molar-refractivity contribution >= 4 is 0 Å². The first kappa shape index (κ1) is 28.8. The molecule has 4 rings (SSSR count). The van der Waals surface area contributed by atoms with Crippen molar-refractivity contribution in [3.05, 3.63) is 59.7 Å². The summed E-state index contributed by atoms with van der Waals surface area (Å²) < 4.78 is 24.4. The third kappa shape index (κ3) is 8.15. The van der Waals surface area contributed by atoms with Crippen LogP contribution >= 0.6 is 0 Å². The van der Waals surface area contributed by atoms with E-state index < -0.39 is 18.7 Å². The monoisotopic (exact) mass is 530 g/mol. The van der Waals surface area contributed by atoms with Crippen molar-refractivity contribution < 1.29 is 39.4 Å². The maximum atomic E-state index is 10.9. The van der Waals surface area contributed by atoms with Gasteiger partial charge in [0.25, 0.3) is 0 Å². The maximum absolute atomic E-state index is 10.9. The Kier molecular flexibility index (Phi) is 10.8. The number of rotatable bonds is 12. The van der Waals surface area contributed by atoms with Gasteiger partial charge in [-0.15, -0.1) is 0 Å². The van der Waals surface area contributed by atoms with Crippen LogP contribution in [0.5, 0.6) is 11.5 Å². The normalized spacial score (nSPS) is 28.7. The molecule has 2 heterocycles. The van der Waals surface area contributed by atoms with E-state index >= 15 is 0 Å². The van der Waals surface area contributed by atoms with E-state index in [-0.39, 0.29) is 42.5 Å². The second-order valence-electron chi connectivity index (χ2n) is 10.5. The van der Waals surface area contributed by atoms with Gasteiger partial charge in [0.05, 0.1) is 30.5 Å². The van der Waals surface area contributed by atoms with Crippen molar-refractivity contribution in [2.24, 2.45) is 0 Å². The minimum absolute atomic E-state index is 0.00743. The Morgan fingerprint density at radius 2 is 1.29 bits per heavy atom. The molecule has 7 unspecified atom stereocenters. The summed E-state index contributed by atoms with van der Waals surface area (Å²) in [5.74, 6) is 0.287. The van der Waals surface area contributed by atoms with E-state index in [0.717, 1.165) is 32.1 Å². The summed E-state index contributed by atoms with van der Waals surface area (Å²) in [7, 11) is 0. The van der Waals surface area contributed by atoms with Crippen LogP contribution in [0.1, 0.15) is 88.4 Å². The summed E-state index contributed by atoms with van der Waals surface area (Å²) in [6.45, 7) is 2.16. The molecule has 8 heteroatoms. The van der Waals surface area contributed by atoms with Crippen LogP contribution in [0.2, 0.25) is 0 Å². The van der Waals surface area contributed by atoms with E-state index in [1.165, 1.54) is 0 Å². The van der Waals surface area contributed by atoms with Gasteiger partial charge in [-0.05, 0) is 70.4 Å². The molecule has 2 fully saturated rings. The van der Waals surface area contributed by atoms with E-state index in [1.54, 1.807) is 30.3 Å². The van der Waals surface area contributed by atoms with Crippen molar-refractivity contribution in [3.63, 3.8) is 0 Å². The molecule has 210 valence electrons. The Balaban J connectivity index is 1.28. The highest BCUT2D eigenvalue weighted by atomic mass is 16.7. The minimum Gasteiger partial charge on any atom is -0.507 e. The van der Waals surface area contributed by atoms with Crippen LogP contribution in [0.15, 0.2) is 48.5 Å². The first-order valence-electron chi connectivity index (χ1n) is 13.9. The first-order valence-corrected chi connectivity index (χ1v) is 13.9. The van der Waals surface area contributed by atoms with Crippen molar-refractivity contribution in [2.75, 3.05) is 6.61 Å². The number of aromatic hydroxyl groups is 2. The number of aliphatic hydroxyl groups is 2. The largest absolute Gasteiger partial charge is 0.507 e. The average Bonchev–Trinajstić information content (AvgIpc) is 2.89. The molecule has 7 atom stereocenters. The highest BCUT2D eigenvalue weighted by Crippen LogP contribution is 2.38. The summed E-state index contributed by atoms with van der Waals surface area (Å²) in [4.78, 5) is 0. The number of phenolic OH excluding ortho intramolecular Hbond substituents is 2. The number of hydrogen-bond acceptors (Lipinski definition) is 8. The SMILES string of the molecule is CC1CC(CCCC(O)CC2CC(CCCCO)OC(c3ccccc3O)O2)OC(c2ccccc2O)O1. The number of benzene rings is 2. The van der Waals surface area contributed by atoms with Gasteiger partial charge >= 0.3 is 0 Å². The molecule has 0 saturated carbocycles. The third-order valence-electron chi connectivity index (χ3n) is 7.34. The van der Waals surface area contributed by atoms with Crippen molar-refractivity contribution in [3.8, 4) is 11.5 Å². The Labute approximate surface area is 225 Å². The van der Waals surface area contributed by atoms with Gasteiger partial charge in [0.15, 0.2) is 12.6 Å². The molecule has 0 aliphatic carbocycles. The van der Waals surface area contributed by atoms with Crippen LogP contribution < -0.4 is 0 Å². The molecule has 2 aliphatic rings. The smallest absolute Gasteiger partial charge is 0.188 e. The Morgan fingerprint density at radius 3 is 1.92 bits per heavy atom. The number of ether oxygens (including phenoxy) is 4. The van der Waals surface area contributed by atoms with Crippen molar-refractivity contribution in [2.45, 2.75) is 108 Å². The molecule has 0 aromatic heterocycles. The predicted molar refractivity (Wildman–Crippen MR) is 142 cm³/mol. The zero-order valence-corrected chi connectivity index (χ0v) is 22.2. The fourth-order valence-corrected chi connectivity index (χ4v) is 5.36. The van der Waals surface area contributed by atoms with Gasteiger partial charge in [-0.1, -0.05) is 36.4 Å². The van der Waals surface area contributed by atoms with Gasteiger partial charge in [0, 0.05) is 24.2 Å². The molecule has 0 radical (unpaired) electrons. The van der Waals surface area contributed by atoms with E-state index in [9.17, 15) is 15.3 Å². The summed E-state index contributed by atoms with van der Waals surface area (Å²) in [5.41, 5.74) is 1.22. The molecule has 8 nitrogen and oxygen atoms in total. The van der Waals surface area contributed by atoms with Gasteiger partial charge in [-0.3, -0.25) is 0 Å². The Bertz CT molecular complexity index is 984. The van der Waals surface area contributed by atoms with Crippen LogP contribution in [0.25, 0.3) is 0 Å². The molecule has 2 aromatic carbocycles. The fourth-order valence-electron chi connectivity index (χ4n) is 5.36. The lowest BCUT2D eigenvalue weighted by molar-refractivity contribution is -0.254. The summed E-state index contributed by atoms with van der Waals surface area (Å²) >= 11 is 0. The van der Waals surface area contributed by atoms with Crippen molar-refractivity contribution in [1.82, 2.24) is 0 Å². The lowest BCUT2D eigenvalue weighted by Crippen LogP contribution is -2.36. The molecule has 2 aliphatic heterocycles. The zero-order valence-electron chi connectivity index (χ0n) is 22.2. The van der Waals surface area contributed by atoms with Crippen molar-refractivity contribution in [1.29, 1.82) is 0 Å². The second kappa shape index (κ2) is 14.3. The van der Waals surface area contributed by atoms with Crippen LogP contribution in [0.4, 0.5) is 0 Å². The van der Waals surface area contributed by atoms with Crippen LogP contribution in [0.3, 0.4) is 0 Å². The summed E-state index contributed by atoms with van der Waals surface area (Å²) in [6, 6.07) is 14.1. The highest BCUT2D eigenvalue weighted by Gasteiger charge is 2.34. The van der Waals surface area contributed by atoms with Crippen LogP contribution in [-0.4, -0.2) is 57.6 Å².